The van der Waals surface area contributed by atoms with E-state index in [0.717, 1.165) is 18.4 Å². The van der Waals surface area contributed by atoms with E-state index in [0.29, 0.717) is 5.56 Å². The van der Waals surface area contributed by atoms with Crippen molar-refractivity contribution in [1.82, 2.24) is 4.90 Å². The van der Waals surface area contributed by atoms with Crippen LogP contribution in [0.1, 0.15) is 42.6 Å². The highest BCUT2D eigenvalue weighted by atomic mass is 19.1. The van der Waals surface area contributed by atoms with Crippen molar-refractivity contribution in [3.05, 3.63) is 35.1 Å². The first kappa shape index (κ1) is 15.6. The van der Waals surface area contributed by atoms with Gasteiger partial charge in [0, 0.05) is 18.2 Å². The molecule has 1 amide bonds. The van der Waals surface area contributed by atoms with Crippen LogP contribution in [0.15, 0.2) is 18.2 Å². The lowest BCUT2D eigenvalue weighted by molar-refractivity contribution is 0.0621. The molecule has 1 N–H and O–H groups in total. The Labute approximate surface area is 114 Å². The van der Waals surface area contributed by atoms with Crippen molar-refractivity contribution < 1.29 is 14.3 Å². The molecule has 0 radical (unpaired) electrons. The van der Waals surface area contributed by atoms with Gasteiger partial charge in [-0.2, -0.15) is 0 Å². The fourth-order valence-electron chi connectivity index (χ4n) is 2.27. The molecule has 0 aliphatic carbocycles. The summed E-state index contributed by atoms with van der Waals surface area (Å²) in [7, 11) is 0. The molecule has 106 valence electrons. The average Bonchev–Trinajstić information content (AvgIpc) is 2.41. The number of carbonyl (C=O) groups is 1. The Bertz CT molecular complexity index is 430. The van der Waals surface area contributed by atoms with E-state index in [2.05, 4.69) is 0 Å². The zero-order valence-electron chi connectivity index (χ0n) is 11.8. The molecule has 0 aliphatic rings. The molecule has 0 saturated carbocycles. The van der Waals surface area contributed by atoms with Crippen molar-refractivity contribution in [2.75, 3.05) is 13.2 Å². The summed E-state index contributed by atoms with van der Waals surface area (Å²) in [5, 5.41) is 9.13. The Hall–Kier alpha value is -1.42. The van der Waals surface area contributed by atoms with E-state index in [-0.39, 0.29) is 25.1 Å². The molecule has 1 rings (SSSR count). The minimum atomic E-state index is -0.414. The van der Waals surface area contributed by atoms with Gasteiger partial charge >= 0.3 is 0 Å². The van der Waals surface area contributed by atoms with Crippen molar-refractivity contribution >= 4 is 5.91 Å². The normalized spacial score (nSPS) is 10.8. The lowest BCUT2D eigenvalue weighted by Gasteiger charge is -2.30. The maximum Gasteiger partial charge on any atom is 0.254 e. The molecule has 3 nitrogen and oxygen atoms in total. The molecule has 0 spiro atoms. The quantitative estimate of drug-likeness (QED) is 0.861. The Balaban J connectivity index is 3.08. The number of nitrogens with zero attached hydrogens (tertiary/aromatic N) is 1. The topological polar surface area (TPSA) is 40.5 Å². The number of halogens is 1. The zero-order chi connectivity index (χ0) is 14.4. The number of aliphatic hydroxyl groups is 1. The number of hydrogen-bond acceptors (Lipinski definition) is 2. The SMILES string of the molecule is CCC(CC)N(CCO)C(=O)c1cc(F)ccc1C. The second kappa shape index (κ2) is 7.24. The van der Waals surface area contributed by atoms with Gasteiger partial charge in [-0.1, -0.05) is 19.9 Å². The molecule has 0 aromatic heterocycles. The van der Waals surface area contributed by atoms with Crippen LogP contribution in [0.4, 0.5) is 4.39 Å². The van der Waals surface area contributed by atoms with E-state index in [1.807, 2.05) is 13.8 Å². The van der Waals surface area contributed by atoms with Gasteiger partial charge in [0.05, 0.1) is 6.61 Å². The summed E-state index contributed by atoms with van der Waals surface area (Å²) in [6.07, 6.45) is 1.63. The minimum Gasteiger partial charge on any atom is -0.395 e. The summed E-state index contributed by atoms with van der Waals surface area (Å²) in [6.45, 7) is 5.99. The molecular weight excluding hydrogens is 245 g/mol. The average molecular weight is 267 g/mol. The maximum atomic E-state index is 13.3. The highest BCUT2D eigenvalue weighted by Gasteiger charge is 2.23. The Kier molecular flexibility index (Phi) is 5.96. The molecule has 0 saturated heterocycles. The second-order valence-corrected chi connectivity index (χ2v) is 4.65. The van der Waals surface area contributed by atoms with Crippen LogP contribution in [-0.4, -0.2) is 35.1 Å². The van der Waals surface area contributed by atoms with Gasteiger partial charge in [0.15, 0.2) is 0 Å². The molecule has 4 heteroatoms. The van der Waals surface area contributed by atoms with Crippen molar-refractivity contribution in [3.63, 3.8) is 0 Å². The number of carbonyl (C=O) groups excluding carboxylic acids is 1. The maximum absolute atomic E-state index is 13.3. The van der Waals surface area contributed by atoms with E-state index in [4.69, 9.17) is 5.11 Å². The molecule has 0 unspecified atom stereocenters. The van der Waals surface area contributed by atoms with Gasteiger partial charge in [0.1, 0.15) is 5.82 Å². The zero-order valence-corrected chi connectivity index (χ0v) is 11.8. The third-order valence-corrected chi connectivity index (χ3v) is 3.42. The fraction of sp³-hybridized carbons (Fsp3) is 0.533. The highest BCUT2D eigenvalue weighted by Crippen LogP contribution is 2.17. The van der Waals surface area contributed by atoms with E-state index < -0.39 is 5.82 Å². The van der Waals surface area contributed by atoms with Crippen molar-refractivity contribution in [3.8, 4) is 0 Å². The number of benzene rings is 1. The van der Waals surface area contributed by atoms with Gasteiger partial charge in [-0.3, -0.25) is 4.79 Å². The summed E-state index contributed by atoms with van der Waals surface area (Å²) in [4.78, 5) is 14.2. The van der Waals surface area contributed by atoms with Crippen LogP contribution >= 0.6 is 0 Å². The van der Waals surface area contributed by atoms with E-state index in [1.165, 1.54) is 12.1 Å². The summed E-state index contributed by atoms with van der Waals surface area (Å²) < 4.78 is 13.3. The summed E-state index contributed by atoms with van der Waals surface area (Å²) >= 11 is 0. The van der Waals surface area contributed by atoms with E-state index in [1.54, 1.807) is 17.9 Å². The first-order chi connectivity index (χ1) is 9.04. The van der Waals surface area contributed by atoms with Crippen molar-refractivity contribution in [2.45, 2.75) is 39.7 Å². The lowest BCUT2D eigenvalue weighted by atomic mass is 10.0. The van der Waals surface area contributed by atoms with Gasteiger partial charge in [0.2, 0.25) is 0 Å². The van der Waals surface area contributed by atoms with E-state index in [9.17, 15) is 9.18 Å². The Morgan fingerprint density at radius 1 is 1.37 bits per heavy atom. The highest BCUT2D eigenvalue weighted by molar-refractivity contribution is 5.95. The fourth-order valence-corrected chi connectivity index (χ4v) is 2.27. The molecular formula is C15H22FNO2. The van der Waals surface area contributed by atoms with Crippen LogP contribution in [0.2, 0.25) is 0 Å². The van der Waals surface area contributed by atoms with Crippen molar-refractivity contribution in [1.29, 1.82) is 0 Å². The molecule has 19 heavy (non-hydrogen) atoms. The number of rotatable bonds is 6. The molecule has 1 aromatic rings. The number of hydrogen-bond donors (Lipinski definition) is 1. The molecule has 0 heterocycles. The first-order valence-corrected chi connectivity index (χ1v) is 6.73. The third kappa shape index (κ3) is 3.77. The lowest BCUT2D eigenvalue weighted by Crippen LogP contribution is -2.41. The Morgan fingerprint density at radius 3 is 2.53 bits per heavy atom. The predicted octanol–water partition coefficient (Wildman–Crippen LogP) is 2.76. The van der Waals surface area contributed by atoms with Gasteiger partial charge in [0.25, 0.3) is 5.91 Å². The molecule has 0 bridgehead atoms. The second-order valence-electron chi connectivity index (χ2n) is 4.65. The van der Waals surface area contributed by atoms with Crippen LogP contribution in [0.5, 0.6) is 0 Å². The summed E-state index contributed by atoms with van der Waals surface area (Å²) in [5.74, 6) is -0.623. The summed E-state index contributed by atoms with van der Waals surface area (Å²) in [5.41, 5.74) is 1.13. The third-order valence-electron chi connectivity index (χ3n) is 3.42. The number of amides is 1. The first-order valence-electron chi connectivity index (χ1n) is 6.73. The van der Waals surface area contributed by atoms with Gasteiger partial charge in [-0.05, 0) is 37.5 Å². The standard InChI is InChI=1S/C15H22FNO2/c1-4-13(5-2)17(8-9-18)15(19)14-10-12(16)7-6-11(14)3/h6-7,10,13,18H,4-5,8-9H2,1-3H3. The van der Waals surface area contributed by atoms with Gasteiger partial charge in [-0.15, -0.1) is 0 Å². The van der Waals surface area contributed by atoms with Crippen LogP contribution < -0.4 is 0 Å². The van der Waals surface area contributed by atoms with Crippen LogP contribution in [0.3, 0.4) is 0 Å². The minimum absolute atomic E-state index is 0.0716. The van der Waals surface area contributed by atoms with Crippen molar-refractivity contribution in [2.24, 2.45) is 0 Å². The van der Waals surface area contributed by atoms with Gasteiger partial charge < -0.3 is 10.0 Å². The van der Waals surface area contributed by atoms with Gasteiger partial charge in [-0.25, -0.2) is 4.39 Å². The monoisotopic (exact) mass is 267 g/mol. The largest absolute Gasteiger partial charge is 0.395 e. The molecule has 1 aromatic carbocycles. The van der Waals surface area contributed by atoms with E-state index >= 15 is 0 Å². The van der Waals surface area contributed by atoms with Crippen LogP contribution in [0.25, 0.3) is 0 Å². The molecule has 0 atom stereocenters. The molecule has 0 aliphatic heterocycles. The summed E-state index contributed by atoms with van der Waals surface area (Å²) in [6, 6.07) is 4.29. The molecule has 0 fully saturated rings. The van der Waals surface area contributed by atoms with Crippen LogP contribution in [-0.2, 0) is 0 Å². The number of aryl methyl sites for hydroxylation is 1. The predicted molar refractivity (Wildman–Crippen MR) is 73.6 cm³/mol. The van der Waals surface area contributed by atoms with Crippen LogP contribution in [0, 0.1) is 12.7 Å². The Morgan fingerprint density at radius 2 is 2.00 bits per heavy atom. The smallest absolute Gasteiger partial charge is 0.254 e. The number of aliphatic hydroxyl groups excluding tert-OH is 1.